The molecule has 0 unspecified atom stereocenters. The molecular weight excluding hydrogens is 178 g/mol. The number of rotatable bonds is 2. The molecule has 0 spiro atoms. The minimum Gasteiger partial charge on any atom is -0.445 e. The normalized spacial score (nSPS) is 18.7. The summed E-state index contributed by atoms with van der Waals surface area (Å²) < 4.78 is 11.0. The van der Waals surface area contributed by atoms with Gasteiger partial charge in [0.05, 0.1) is 5.69 Å². The second kappa shape index (κ2) is 4.13. The number of aryl methyl sites for hydroxylation is 2. The summed E-state index contributed by atoms with van der Waals surface area (Å²) in [6, 6.07) is 0. The molecule has 0 radical (unpaired) electrons. The van der Waals surface area contributed by atoms with Crippen LogP contribution < -0.4 is 0 Å². The predicted molar refractivity (Wildman–Crippen MR) is 53.4 cm³/mol. The van der Waals surface area contributed by atoms with E-state index in [0.717, 1.165) is 49.8 Å². The van der Waals surface area contributed by atoms with Gasteiger partial charge in [0.15, 0.2) is 5.89 Å². The number of nitrogens with zero attached hydrogens (tertiary/aromatic N) is 1. The van der Waals surface area contributed by atoms with Gasteiger partial charge < -0.3 is 9.15 Å². The lowest BCUT2D eigenvalue weighted by atomic mass is 10.0. The first-order valence-corrected chi connectivity index (χ1v) is 5.35. The lowest BCUT2D eigenvalue weighted by molar-refractivity contribution is 0.0792. The van der Waals surface area contributed by atoms with Crippen molar-refractivity contribution in [2.75, 3.05) is 13.2 Å². The highest BCUT2D eigenvalue weighted by atomic mass is 16.5. The zero-order chi connectivity index (χ0) is 9.97. The molecule has 0 N–H and O–H groups in total. The topological polar surface area (TPSA) is 35.3 Å². The monoisotopic (exact) mass is 195 g/mol. The molecule has 0 saturated carbocycles. The van der Waals surface area contributed by atoms with E-state index in [-0.39, 0.29) is 0 Å². The lowest BCUT2D eigenvalue weighted by Gasteiger charge is -2.18. The highest BCUT2D eigenvalue weighted by molar-refractivity contribution is 5.10. The summed E-state index contributed by atoms with van der Waals surface area (Å²) in [5.74, 6) is 2.37. The Hall–Kier alpha value is -0.830. The van der Waals surface area contributed by atoms with Crippen LogP contribution in [0.15, 0.2) is 4.42 Å². The summed E-state index contributed by atoms with van der Waals surface area (Å²) in [4.78, 5) is 4.53. The van der Waals surface area contributed by atoms with Crippen molar-refractivity contribution in [3.05, 3.63) is 17.3 Å². The van der Waals surface area contributed by atoms with Gasteiger partial charge in [-0.15, -0.1) is 0 Å². The summed E-state index contributed by atoms with van der Waals surface area (Å²) in [5.41, 5.74) is 1.10. The minimum atomic E-state index is 0.475. The van der Waals surface area contributed by atoms with Crippen molar-refractivity contribution in [3.8, 4) is 0 Å². The van der Waals surface area contributed by atoms with Gasteiger partial charge in [-0.3, -0.25) is 0 Å². The molecule has 1 aliphatic rings. The summed E-state index contributed by atoms with van der Waals surface area (Å²) in [6.45, 7) is 5.79. The molecule has 0 aromatic carbocycles. The van der Waals surface area contributed by atoms with Crippen LogP contribution in [0.25, 0.3) is 0 Å². The molecule has 0 atom stereocenters. The van der Waals surface area contributed by atoms with E-state index in [9.17, 15) is 0 Å². The predicted octanol–water partition coefficient (Wildman–Crippen LogP) is 2.44. The van der Waals surface area contributed by atoms with Gasteiger partial charge in [-0.2, -0.15) is 0 Å². The van der Waals surface area contributed by atoms with E-state index < -0.39 is 0 Å². The smallest absolute Gasteiger partial charge is 0.197 e. The average molecular weight is 195 g/mol. The number of hydrogen-bond acceptors (Lipinski definition) is 3. The molecule has 1 saturated heterocycles. The van der Waals surface area contributed by atoms with Crippen LogP contribution in [0.1, 0.15) is 43.0 Å². The minimum absolute atomic E-state index is 0.475. The van der Waals surface area contributed by atoms with Gasteiger partial charge in [-0.25, -0.2) is 4.98 Å². The fourth-order valence-electron chi connectivity index (χ4n) is 1.90. The Morgan fingerprint density at radius 1 is 1.36 bits per heavy atom. The molecule has 1 aromatic heterocycles. The average Bonchev–Trinajstić information content (AvgIpc) is 2.61. The zero-order valence-electron chi connectivity index (χ0n) is 8.88. The van der Waals surface area contributed by atoms with Crippen LogP contribution >= 0.6 is 0 Å². The third-order valence-electron chi connectivity index (χ3n) is 2.81. The van der Waals surface area contributed by atoms with Crippen molar-refractivity contribution in [1.82, 2.24) is 4.98 Å². The van der Waals surface area contributed by atoms with Crippen LogP contribution in [-0.2, 0) is 11.2 Å². The van der Waals surface area contributed by atoms with Crippen LogP contribution in [0, 0.1) is 6.92 Å². The van der Waals surface area contributed by atoms with E-state index in [1.165, 1.54) is 0 Å². The Kier molecular flexibility index (Phi) is 2.87. The Bertz CT molecular complexity index is 300. The Labute approximate surface area is 84.5 Å². The van der Waals surface area contributed by atoms with Crippen molar-refractivity contribution < 1.29 is 9.15 Å². The third-order valence-corrected chi connectivity index (χ3v) is 2.81. The molecule has 3 nitrogen and oxygen atoms in total. The van der Waals surface area contributed by atoms with Crippen molar-refractivity contribution in [3.63, 3.8) is 0 Å². The molecule has 1 fully saturated rings. The standard InChI is InChI=1S/C11H17NO2/c1-3-10-8(2)14-11(12-10)9-4-6-13-7-5-9/h9H,3-7H2,1-2H3. The summed E-state index contributed by atoms with van der Waals surface area (Å²) in [7, 11) is 0. The van der Waals surface area contributed by atoms with Crippen LogP contribution in [0.5, 0.6) is 0 Å². The van der Waals surface area contributed by atoms with Crippen LogP contribution in [0.4, 0.5) is 0 Å². The van der Waals surface area contributed by atoms with E-state index in [1.807, 2.05) is 6.92 Å². The molecule has 2 heterocycles. The van der Waals surface area contributed by atoms with Gasteiger partial charge in [0.1, 0.15) is 5.76 Å². The maximum absolute atomic E-state index is 5.68. The van der Waals surface area contributed by atoms with Crippen LogP contribution in [0.2, 0.25) is 0 Å². The van der Waals surface area contributed by atoms with E-state index in [0.29, 0.717) is 5.92 Å². The first kappa shape index (κ1) is 9.71. The maximum Gasteiger partial charge on any atom is 0.197 e. The molecule has 1 aromatic rings. The second-order valence-corrected chi connectivity index (χ2v) is 3.80. The second-order valence-electron chi connectivity index (χ2n) is 3.80. The summed E-state index contributed by atoms with van der Waals surface area (Å²) in [6.07, 6.45) is 3.05. The largest absolute Gasteiger partial charge is 0.445 e. The molecular formula is C11H17NO2. The van der Waals surface area contributed by atoms with Crippen molar-refractivity contribution in [1.29, 1.82) is 0 Å². The number of ether oxygens (including phenoxy) is 1. The molecule has 78 valence electrons. The van der Waals surface area contributed by atoms with Crippen molar-refractivity contribution in [2.45, 2.75) is 39.0 Å². The SMILES string of the molecule is CCc1nc(C2CCOCC2)oc1C. The Morgan fingerprint density at radius 3 is 2.64 bits per heavy atom. The molecule has 14 heavy (non-hydrogen) atoms. The third kappa shape index (κ3) is 1.82. The summed E-state index contributed by atoms with van der Waals surface area (Å²) in [5, 5.41) is 0. The van der Waals surface area contributed by atoms with Gasteiger partial charge in [0, 0.05) is 19.1 Å². The molecule has 2 rings (SSSR count). The number of oxazole rings is 1. The molecule has 1 aliphatic heterocycles. The molecule has 3 heteroatoms. The Morgan fingerprint density at radius 2 is 2.07 bits per heavy atom. The van der Waals surface area contributed by atoms with E-state index in [4.69, 9.17) is 9.15 Å². The highest BCUT2D eigenvalue weighted by Crippen LogP contribution is 2.27. The van der Waals surface area contributed by atoms with Crippen molar-refractivity contribution in [2.24, 2.45) is 0 Å². The first-order chi connectivity index (χ1) is 6.81. The van der Waals surface area contributed by atoms with E-state index >= 15 is 0 Å². The van der Waals surface area contributed by atoms with E-state index in [2.05, 4.69) is 11.9 Å². The van der Waals surface area contributed by atoms with Gasteiger partial charge in [0.25, 0.3) is 0 Å². The van der Waals surface area contributed by atoms with Crippen molar-refractivity contribution >= 4 is 0 Å². The quantitative estimate of drug-likeness (QED) is 0.727. The van der Waals surface area contributed by atoms with Gasteiger partial charge in [0.2, 0.25) is 0 Å². The highest BCUT2D eigenvalue weighted by Gasteiger charge is 2.21. The number of aromatic nitrogens is 1. The molecule has 0 bridgehead atoms. The van der Waals surface area contributed by atoms with Gasteiger partial charge in [-0.05, 0) is 26.2 Å². The fourth-order valence-corrected chi connectivity index (χ4v) is 1.90. The van der Waals surface area contributed by atoms with Crippen LogP contribution in [0.3, 0.4) is 0 Å². The maximum atomic E-state index is 5.68. The molecule has 0 aliphatic carbocycles. The Balaban J connectivity index is 2.14. The summed E-state index contributed by atoms with van der Waals surface area (Å²) >= 11 is 0. The van der Waals surface area contributed by atoms with Gasteiger partial charge in [-0.1, -0.05) is 6.92 Å². The van der Waals surface area contributed by atoms with E-state index in [1.54, 1.807) is 0 Å². The van der Waals surface area contributed by atoms with Crippen LogP contribution in [-0.4, -0.2) is 18.2 Å². The lowest BCUT2D eigenvalue weighted by Crippen LogP contribution is -2.14. The fraction of sp³-hybridized carbons (Fsp3) is 0.727. The molecule has 0 amide bonds. The zero-order valence-corrected chi connectivity index (χ0v) is 8.88. The number of hydrogen-bond donors (Lipinski definition) is 0. The first-order valence-electron chi connectivity index (χ1n) is 5.35. The van der Waals surface area contributed by atoms with Gasteiger partial charge >= 0.3 is 0 Å².